The summed E-state index contributed by atoms with van der Waals surface area (Å²) >= 11 is 0. The molecule has 0 radical (unpaired) electrons. The lowest BCUT2D eigenvalue weighted by Gasteiger charge is -2.13. The minimum Gasteiger partial charge on any atom is -0.346 e. The summed E-state index contributed by atoms with van der Waals surface area (Å²) in [5, 5.41) is 3.23. The average molecular weight is 284 g/mol. The molecule has 0 fully saturated rings. The molecule has 21 heavy (non-hydrogen) atoms. The van der Waals surface area contributed by atoms with Crippen molar-refractivity contribution in [1.29, 1.82) is 0 Å². The van der Waals surface area contributed by atoms with E-state index in [-0.39, 0.29) is 5.78 Å². The molecule has 1 N–H and O–H groups in total. The Morgan fingerprint density at radius 2 is 1.86 bits per heavy atom. The van der Waals surface area contributed by atoms with Crippen molar-refractivity contribution in [3.63, 3.8) is 0 Å². The van der Waals surface area contributed by atoms with Crippen LogP contribution in [0, 0.1) is 13.8 Å². The second-order valence-corrected chi connectivity index (χ2v) is 5.76. The van der Waals surface area contributed by atoms with Gasteiger partial charge in [0.15, 0.2) is 5.78 Å². The number of carbonyl (C=O) groups excluding carboxylic acids is 1. The summed E-state index contributed by atoms with van der Waals surface area (Å²) < 4.78 is 2.21. The number of aromatic nitrogens is 1. The quantitative estimate of drug-likeness (QED) is 0.821. The predicted molar refractivity (Wildman–Crippen MR) is 86.8 cm³/mol. The van der Waals surface area contributed by atoms with Crippen LogP contribution in [0.3, 0.4) is 0 Å². The van der Waals surface area contributed by atoms with Crippen molar-refractivity contribution in [2.24, 2.45) is 0 Å². The fourth-order valence-corrected chi connectivity index (χ4v) is 2.87. The fourth-order valence-electron chi connectivity index (χ4n) is 2.87. The lowest BCUT2D eigenvalue weighted by atomic mass is 10.1. The molecule has 0 spiro atoms. The number of hydrogen-bond acceptors (Lipinski definition) is 2. The smallest absolute Gasteiger partial charge is 0.178 e. The van der Waals surface area contributed by atoms with Gasteiger partial charge in [0.2, 0.25) is 0 Å². The molecule has 1 heterocycles. The van der Waals surface area contributed by atoms with Crippen molar-refractivity contribution in [1.82, 2.24) is 9.88 Å². The molecular weight excluding hydrogens is 260 g/mol. The van der Waals surface area contributed by atoms with E-state index in [4.69, 9.17) is 0 Å². The Labute approximate surface area is 127 Å². The summed E-state index contributed by atoms with van der Waals surface area (Å²) in [6.07, 6.45) is 0. The van der Waals surface area contributed by atoms with Crippen LogP contribution >= 0.6 is 0 Å². The largest absolute Gasteiger partial charge is 0.346 e. The third kappa shape index (κ3) is 3.61. The van der Waals surface area contributed by atoms with Crippen LogP contribution in [0.25, 0.3) is 0 Å². The first-order valence-corrected chi connectivity index (χ1v) is 7.47. The van der Waals surface area contributed by atoms with Crippen LogP contribution < -0.4 is 5.32 Å². The van der Waals surface area contributed by atoms with Crippen LogP contribution in [0.1, 0.15) is 47.2 Å². The number of ketones is 1. The predicted octanol–water partition coefficient (Wildman–Crippen LogP) is 3.66. The standard InChI is InChI=1S/C18H24N2O/c1-13(2)20-14(3)10-17(15(20)4)18(21)12-19-11-16-8-6-5-7-9-16/h5-10,13,19H,11-12H2,1-4H3. The third-order valence-electron chi connectivity index (χ3n) is 3.76. The van der Waals surface area contributed by atoms with Gasteiger partial charge in [-0.05, 0) is 39.3 Å². The molecule has 0 saturated carbocycles. The maximum Gasteiger partial charge on any atom is 0.178 e. The number of Topliss-reactive ketones (excluding diaryl/α,β-unsaturated/α-hetero) is 1. The highest BCUT2D eigenvalue weighted by Crippen LogP contribution is 2.20. The number of aryl methyl sites for hydroxylation is 1. The summed E-state index contributed by atoms with van der Waals surface area (Å²) in [6, 6.07) is 12.5. The third-order valence-corrected chi connectivity index (χ3v) is 3.76. The minimum absolute atomic E-state index is 0.158. The molecule has 0 aliphatic heterocycles. The highest BCUT2D eigenvalue weighted by atomic mass is 16.1. The monoisotopic (exact) mass is 284 g/mol. The summed E-state index contributed by atoms with van der Waals surface area (Å²) in [7, 11) is 0. The van der Waals surface area contributed by atoms with Gasteiger partial charge in [0, 0.05) is 29.5 Å². The van der Waals surface area contributed by atoms with Crippen LogP contribution in [-0.4, -0.2) is 16.9 Å². The van der Waals surface area contributed by atoms with E-state index >= 15 is 0 Å². The molecule has 0 aliphatic rings. The molecule has 1 aromatic heterocycles. The van der Waals surface area contributed by atoms with Crippen molar-refractivity contribution >= 4 is 5.78 Å². The molecule has 0 unspecified atom stereocenters. The molecule has 3 nitrogen and oxygen atoms in total. The summed E-state index contributed by atoms with van der Waals surface area (Å²) in [5.41, 5.74) is 4.24. The Morgan fingerprint density at radius 1 is 1.19 bits per heavy atom. The van der Waals surface area contributed by atoms with Crippen molar-refractivity contribution in [3.05, 3.63) is 58.9 Å². The van der Waals surface area contributed by atoms with Gasteiger partial charge in [-0.25, -0.2) is 0 Å². The number of carbonyl (C=O) groups is 1. The van der Waals surface area contributed by atoms with Gasteiger partial charge in [0.25, 0.3) is 0 Å². The average Bonchev–Trinajstić information content (AvgIpc) is 2.75. The van der Waals surface area contributed by atoms with E-state index in [0.29, 0.717) is 12.6 Å². The second kappa shape index (κ2) is 6.72. The molecular formula is C18H24N2O. The maximum absolute atomic E-state index is 12.4. The van der Waals surface area contributed by atoms with Gasteiger partial charge in [-0.2, -0.15) is 0 Å². The SMILES string of the molecule is Cc1cc(C(=O)CNCc2ccccc2)c(C)n1C(C)C. The zero-order valence-electron chi connectivity index (χ0n) is 13.3. The van der Waals surface area contributed by atoms with Gasteiger partial charge in [-0.15, -0.1) is 0 Å². The van der Waals surface area contributed by atoms with Crippen LogP contribution in [0.15, 0.2) is 36.4 Å². The molecule has 0 bridgehead atoms. The van der Waals surface area contributed by atoms with Gasteiger partial charge >= 0.3 is 0 Å². The first-order valence-electron chi connectivity index (χ1n) is 7.47. The van der Waals surface area contributed by atoms with Crippen molar-refractivity contribution < 1.29 is 4.79 Å². The highest BCUT2D eigenvalue weighted by molar-refractivity contribution is 5.99. The number of benzene rings is 1. The van der Waals surface area contributed by atoms with E-state index in [0.717, 1.165) is 23.5 Å². The van der Waals surface area contributed by atoms with Gasteiger partial charge in [0.05, 0.1) is 6.54 Å². The summed E-state index contributed by atoms with van der Waals surface area (Å²) in [6.45, 7) is 9.45. The fraction of sp³-hybridized carbons (Fsp3) is 0.389. The number of rotatable bonds is 6. The maximum atomic E-state index is 12.4. The first-order chi connectivity index (χ1) is 10.0. The van der Waals surface area contributed by atoms with Crippen molar-refractivity contribution in [3.8, 4) is 0 Å². The normalized spacial score (nSPS) is 11.1. The number of nitrogens with one attached hydrogen (secondary N) is 1. The first kappa shape index (κ1) is 15.5. The van der Waals surface area contributed by atoms with Gasteiger partial charge in [-0.3, -0.25) is 4.79 Å². The Hall–Kier alpha value is -1.87. The number of hydrogen-bond donors (Lipinski definition) is 1. The van der Waals surface area contributed by atoms with E-state index in [2.05, 4.69) is 42.8 Å². The van der Waals surface area contributed by atoms with Gasteiger partial charge < -0.3 is 9.88 Å². The highest BCUT2D eigenvalue weighted by Gasteiger charge is 2.16. The van der Waals surface area contributed by atoms with E-state index in [1.54, 1.807) is 0 Å². The Balaban J connectivity index is 1.99. The summed E-state index contributed by atoms with van der Waals surface area (Å²) in [4.78, 5) is 12.4. The molecule has 1 aromatic carbocycles. The lowest BCUT2D eigenvalue weighted by molar-refractivity contribution is 0.0990. The summed E-state index contributed by atoms with van der Waals surface area (Å²) in [5.74, 6) is 0.158. The molecule has 2 aromatic rings. The zero-order valence-corrected chi connectivity index (χ0v) is 13.3. The zero-order chi connectivity index (χ0) is 15.4. The molecule has 0 atom stereocenters. The van der Waals surface area contributed by atoms with E-state index in [1.807, 2.05) is 31.2 Å². The van der Waals surface area contributed by atoms with Crippen LogP contribution in [0.5, 0.6) is 0 Å². The molecule has 0 amide bonds. The Kier molecular flexibility index (Phi) is 4.97. The van der Waals surface area contributed by atoms with E-state index < -0.39 is 0 Å². The van der Waals surface area contributed by atoms with Gasteiger partial charge in [0.1, 0.15) is 0 Å². The lowest BCUT2D eigenvalue weighted by Crippen LogP contribution is -2.23. The van der Waals surface area contributed by atoms with Crippen LogP contribution in [-0.2, 0) is 6.54 Å². The minimum atomic E-state index is 0.158. The Morgan fingerprint density at radius 3 is 2.43 bits per heavy atom. The second-order valence-electron chi connectivity index (χ2n) is 5.76. The topological polar surface area (TPSA) is 34.0 Å². The van der Waals surface area contributed by atoms with Crippen molar-refractivity contribution in [2.75, 3.05) is 6.54 Å². The van der Waals surface area contributed by atoms with E-state index in [1.165, 1.54) is 5.56 Å². The number of nitrogens with zero attached hydrogens (tertiary/aromatic N) is 1. The molecule has 3 heteroatoms. The van der Waals surface area contributed by atoms with Crippen LogP contribution in [0.2, 0.25) is 0 Å². The van der Waals surface area contributed by atoms with E-state index in [9.17, 15) is 4.79 Å². The van der Waals surface area contributed by atoms with Gasteiger partial charge in [-0.1, -0.05) is 30.3 Å². The molecule has 2 rings (SSSR count). The Bertz CT molecular complexity index is 612. The van der Waals surface area contributed by atoms with Crippen LogP contribution in [0.4, 0.5) is 0 Å². The molecule has 0 saturated heterocycles. The van der Waals surface area contributed by atoms with Crippen molar-refractivity contribution in [2.45, 2.75) is 40.3 Å². The molecule has 112 valence electrons. The molecule has 0 aliphatic carbocycles.